The molecule has 2 N–H and O–H groups in total. The number of rotatable bonds is 3. The van der Waals surface area contributed by atoms with Crippen LogP contribution in [0.15, 0.2) is 0 Å². The van der Waals surface area contributed by atoms with Crippen LogP contribution in [0, 0.1) is 11.8 Å². The standard InChI is InChI=1S/C9H18O2/c1-2-3-7-4-8(6-10)9(11)5-7/h7-11H,2-6H2,1H3/t7?,8-,9-/m0/s1. The first-order valence-corrected chi connectivity index (χ1v) is 4.56. The van der Waals surface area contributed by atoms with Gasteiger partial charge in [0.1, 0.15) is 0 Å². The minimum Gasteiger partial charge on any atom is -0.396 e. The summed E-state index contributed by atoms with van der Waals surface area (Å²) in [5, 5.41) is 18.3. The summed E-state index contributed by atoms with van der Waals surface area (Å²) in [6.07, 6.45) is 4.07. The zero-order chi connectivity index (χ0) is 8.27. The van der Waals surface area contributed by atoms with E-state index in [0.717, 1.165) is 12.8 Å². The molecule has 0 radical (unpaired) electrons. The topological polar surface area (TPSA) is 40.5 Å². The van der Waals surface area contributed by atoms with Crippen molar-refractivity contribution in [2.24, 2.45) is 11.8 Å². The summed E-state index contributed by atoms with van der Waals surface area (Å²) in [5.41, 5.74) is 0. The average Bonchev–Trinajstić information content (AvgIpc) is 2.32. The summed E-state index contributed by atoms with van der Waals surface area (Å²) in [6, 6.07) is 0. The highest BCUT2D eigenvalue weighted by Gasteiger charge is 2.31. The van der Waals surface area contributed by atoms with Gasteiger partial charge in [0.25, 0.3) is 0 Å². The van der Waals surface area contributed by atoms with Crippen LogP contribution in [0.3, 0.4) is 0 Å². The molecule has 1 unspecified atom stereocenters. The third kappa shape index (κ3) is 2.17. The van der Waals surface area contributed by atoms with Crippen LogP contribution in [0.25, 0.3) is 0 Å². The Kier molecular flexibility index (Phi) is 3.34. The molecule has 1 saturated carbocycles. The quantitative estimate of drug-likeness (QED) is 0.647. The van der Waals surface area contributed by atoms with Crippen molar-refractivity contribution < 1.29 is 10.2 Å². The van der Waals surface area contributed by atoms with Crippen LogP contribution in [0.5, 0.6) is 0 Å². The van der Waals surface area contributed by atoms with Crippen molar-refractivity contribution >= 4 is 0 Å². The maximum absolute atomic E-state index is 9.43. The first-order chi connectivity index (χ1) is 5.27. The van der Waals surface area contributed by atoms with E-state index >= 15 is 0 Å². The van der Waals surface area contributed by atoms with Crippen LogP contribution in [0.4, 0.5) is 0 Å². The molecule has 0 aromatic heterocycles. The van der Waals surface area contributed by atoms with E-state index in [0.29, 0.717) is 5.92 Å². The van der Waals surface area contributed by atoms with Gasteiger partial charge in [-0.05, 0) is 18.8 Å². The molecule has 0 bridgehead atoms. The molecule has 1 aliphatic carbocycles. The zero-order valence-corrected chi connectivity index (χ0v) is 7.16. The molecule has 0 aliphatic heterocycles. The average molecular weight is 158 g/mol. The van der Waals surface area contributed by atoms with Crippen LogP contribution in [-0.2, 0) is 0 Å². The predicted molar refractivity (Wildman–Crippen MR) is 44.2 cm³/mol. The molecule has 66 valence electrons. The molecule has 0 amide bonds. The fourth-order valence-electron chi connectivity index (χ4n) is 2.06. The third-order valence-electron chi connectivity index (χ3n) is 2.69. The van der Waals surface area contributed by atoms with E-state index in [2.05, 4.69) is 6.92 Å². The summed E-state index contributed by atoms with van der Waals surface area (Å²) >= 11 is 0. The smallest absolute Gasteiger partial charge is 0.0593 e. The largest absolute Gasteiger partial charge is 0.396 e. The van der Waals surface area contributed by atoms with Crippen molar-refractivity contribution in [3.05, 3.63) is 0 Å². The summed E-state index contributed by atoms with van der Waals surface area (Å²) in [4.78, 5) is 0. The van der Waals surface area contributed by atoms with Gasteiger partial charge in [-0.15, -0.1) is 0 Å². The fraction of sp³-hybridized carbons (Fsp3) is 1.00. The van der Waals surface area contributed by atoms with Gasteiger partial charge in [0.2, 0.25) is 0 Å². The van der Waals surface area contributed by atoms with Gasteiger partial charge in [0.05, 0.1) is 6.10 Å². The van der Waals surface area contributed by atoms with Gasteiger partial charge >= 0.3 is 0 Å². The number of aliphatic hydroxyl groups excluding tert-OH is 2. The van der Waals surface area contributed by atoms with Gasteiger partial charge in [0, 0.05) is 12.5 Å². The molecule has 0 aromatic carbocycles. The Hall–Kier alpha value is -0.0800. The highest BCUT2D eigenvalue weighted by atomic mass is 16.3. The molecule has 1 fully saturated rings. The third-order valence-corrected chi connectivity index (χ3v) is 2.69. The lowest BCUT2D eigenvalue weighted by Crippen LogP contribution is -2.16. The minimum atomic E-state index is -0.239. The highest BCUT2D eigenvalue weighted by molar-refractivity contribution is 4.82. The fourth-order valence-corrected chi connectivity index (χ4v) is 2.06. The van der Waals surface area contributed by atoms with Gasteiger partial charge in [-0.2, -0.15) is 0 Å². The Morgan fingerprint density at radius 3 is 2.55 bits per heavy atom. The first kappa shape index (κ1) is 9.01. The zero-order valence-electron chi connectivity index (χ0n) is 7.16. The van der Waals surface area contributed by atoms with Crippen LogP contribution < -0.4 is 0 Å². The lowest BCUT2D eigenvalue weighted by Gasteiger charge is -2.08. The second-order valence-electron chi connectivity index (χ2n) is 3.64. The van der Waals surface area contributed by atoms with E-state index in [-0.39, 0.29) is 18.6 Å². The SMILES string of the molecule is CCCC1C[C@@H](CO)[C@@H](O)C1. The van der Waals surface area contributed by atoms with Crippen molar-refractivity contribution in [1.29, 1.82) is 0 Å². The van der Waals surface area contributed by atoms with Crippen LogP contribution in [-0.4, -0.2) is 22.9 Å². The van der Waals surface area contributed by atoms with Crippen LogP contribution in [0.2, 0.25) is 0 Å². The number of aliphatic hydroxyl groups is 2. The summed E-state index contributed by atoms with van der Waals surface area (Å²) < 4.78 is 0. The highest BCUT2D eigenvalue weighted by Crippen LogP contribution is 2.33. The normalized spacial score (nSPS) is 37.9. The predicted octanol–water partition coefficient (Wildman–Crippen LogP) is 1.17. The molecule has 0 spiro atoms. The Labute approximate surface area is 68.2 Å². The number of hydrogen-bond donors (Lipinski definition) is 2. The van der Waals surface area contributed by atoms with Gasteiger partial charge in [-0.25, -0.2) is 0 Å². The van der Waals surface area contributed by atoms with E-state index in [1.54, 1.807) is 0 Å². The van der Waals surface area contributed by atoms with Gasteiger partial charge in [-0.1, -0.05) is 19.8 Å². The van der Waals surface area contributed by atoms with E-state index < -0.39 is 0 Å². The van der Waals surface area contributed by atoms with E-state index in [9.17, 15) is 5.11 Å². The van der Waals surface area contributed by atoms with Crippen LogP contribution >= 0.6 is 0 Å². The molecule has 0 saturated heterocycles. The van der Waals surface area contributed by atoms with E-state index in [1.807, 2.05) is 0 Å². The monoisotopic (exact) mass is 158 g/mol. The maximum Gasteiger partial charge on any atom is 0.0593 e. The molecule has 0 heterocycles. The van der Waals surface area contributed by atoms with Crippen molar-refractivity contribution in [3.8, 4) is 0 Å². The lowest BCUT2D eigenvalue weighted by atomic mass is 10.0. The molecule has 3 atom stereocenters. The van der Waals surface area contributed by atoms with E-state index in [1.165, 1.54) is 12.8 Å². The molecular formula is C9H18O2. The summed E-state index contributed by atoms with van der Waals surface area (Å²) in [5.74, 6) is 0.818. The summed E-state index contributed by atoms with van der Waals surface area (Å²) in [6.45, 7) is 2.32. The summed E-state index contributed by atoms with van der Waals surface area (Å²) in [7, 11) is 0. The van der Waals surface area contributed by atoms with Crippen molar-refractivity contribution in [2.75, 3.05) is 6.61 Å². The van der Waals surface area contributed by atoms with Crippen molar-refractivity contribution in [2.45, 2.75) is 38.7 Å². The molecule has 0 aromatic rings. The minimum absolute atomic E-state index is 0.154. The van der Waals surface area contributed by atoms with Crippen molar-refractivity contribution in [3.63, 3.8) is 0 Å². The first-order valence-electron chi connectivity index (χ1n) is 4.56. The molecule has 2 nitrogen and oxygen atoms in total. The number of hydrogen-bond acceptors (Lipinski definition) is 2. The second kappa shape index (κ2) is 4.07. The lowest BCUT2D eigenvalue weighted by molar-refractivity contribution is 0.0906. The molecule has 11 heavy (non-hydrogen) atoms. The Balaban J connectivity index is 2.30. The maximum atomic E-state index is 9.43. The Morgan fingerprint density at radius 1 is 1.36 bits per heavy atom. The molecule has 1 aliphatic rings. The van der Waals surface area contributed by atoms with Gasteiger partial charge in [0.15, 0.2) is 0 Å². The van der Waals surface area contributed by atoms with Crippen molar-refractivity contribution in [1.82, 2.24) is 0 Å². The Bertz CT molecular complexity index is 114. The van der Waals surface area contributed by atoms with Gasteiger partial charge in [-0.3, -0.25) is 0 Å². The van der Waals surface area contributed by atoms with Gasteiger partial charge < -0.3 is 10.2 Å². The molecule has 2 heteroatoms. The molecular weight excluding hydrogens is 140 g/mol. The molecule has 1 rings (SSSR count). The second-order valence-corrected chi connectivity index (χ2v) is 3.64. The Morgan fingerprint density at radius 2 is 2.09 bits per heavy atom. The van der Waals surface area contributed by atoms with E-state index in [4.69, 9.17) is 5.11 Å². The van der Waals surface area contributed by atoms with Crippen LogP contribution in [0.1, 0.15) is 32.6 Å².